The maximum absolute atomic E-state index is 9.74. The fourth-order valence-corrected chi connectivity index (χ4v) is 0.341. The van der Waals surface area contributed by atoms with E-state index in [0.29, 0.717) is 13.2 Å². The molecule has 0 aromatic carbocycles. The van der Waals surface area contributed by atoms with Gasteiger partial charge in [0.1, 0.15) is 0 Å². The summed E-state index contributed by atoms with van der Waals surface area (Å²) in [6.07, 6.45) is -0.0556. The largest absolute Gasteiger partial charge is 1.00 e. The van der Waals surface area contributed by atoms with Crippen LogP contribution in [0.2, 0.25) is 0 Å². The number of carbonyl (C=O) groups is 1. The average Bonchev–Trinajstić information content (AvgIpc) is 1.80. The van der Waals surface area contributed by atoms with Crippen molar-refractivity contribution in [3.8, 4) is 0 Å². The molecule has 0 aliphatic rings. The second kappa shape index (κ2) is 9.39. The van der Waals surface area contributed by atoms with Crippen LogP contribution in [0.4, 0.5) is 0 Å². The first-order valence-corrected chi connectivity index (χ1v) is 2.75. The Labute approximate surface area is 82.0 Å². The van der Waals surface area contributed by atoms with E-state index in [2.05, 4.69) is 0 Å². The maximum atomic E-state index is 9.74. The van der Waals surface area contributed by atoms with Crippen LogP contribution in [-0.4, -0.2) is 25.7 Å². The van der Waals surface area contributed by atoms with Gasteiger partial charge in [0, 0.05) is 18.9 Å². The number of carbonyl (C=O) groups excluding carboxylic acids is 1. The van der Waals surface area contributed by atoms with Gasteiger partial charge in [-0.1, -0.05) is 0 Å². The molecule has 10 heavy (non-hydrogen) atoms. The zero-order valence-electron chi connectivity index (χ0n) is 6.13. The standard InChI is InChI=1S/C5H11NO3.Na/c6-2-4-9-3-1-5(7)8;/h1-4,6H2,(H,7,8);/q;+1/p-1. The summed E-state index contributed by atoms with van der Waals surface area (Å²) in [6.45, 7) is 1.03. The fraction of sp³-hybridized carbons (Fsp3) is 0.800. The van der Waals surface area contributed by atoms with Crippen molar-refractivity contribution in [2.24, 2.45) is 5.73 Å². The molecule has 0 atom stereocenters. The van der Waals surface area contributed by atoms with E-state index < -0.39 is 5.97 Å². The van der Waals surface area contributed by atoms with Crippen LogP contribution >= 0.6 is 0 Å². The van der Waals surface area contributed by atoms with Gasteiger partial charge in [0.2, 0.25) is 0 Å². The van der Waals surface area contributed by atoms with Gasteiger partial charge in [0.25, 0.3) is 0 Å². The van der Waals surface area contributed by atoms with Crippen LogP contribution in [0, 0.1) is 0 Å². The number of carboxylic acids is 1. The van der Waals surface area contributed by atoms with Gasteiger partial charge in [-0.05, 0) is 0 Å². The molecule has 54 valence electrons. The number of nitrogens with two attached hydrogens (primary N) is 1. The topological polar surface area (TPSA) is 75.4 Å². The van der Waals surface area contributed by atoms with Crippen molar-refractivity contribution < 1.29 is 44.2 Å². The van der Waals surface area contributed by atoms with E-state index in [9.17, 15) is 9.90 Å². The SMILES string of the molecule is NCCOCCC(=O)[O-].[Na+]. The zero-order chi connectivity index (χ0) is 7.11. The number of ether oxygens (including phenoxy) is 1. The molecule has 0 fully saturated rings. The summed E-state index contributed by atoms with van der Waals surface area (Å²) in [6, 6.07) is 0. The van der Waals surface area contributed by atoms with Gasteiger partial charge in [-0.15, -0.1) is 0 Å². The second-order valence-corrected chi connectivity index (χ2v) is 1.52. The predicted octanol–water partition coefficient (Wildman–Crippen LogP) is -4.89. The Morgan fingerprint density at radius 2 is 2.10 bits per heavy atom. The predicted molar refractivity (Wildman–Crippen MR) is 29.5 cm³/mol. The molecular formula is C5H10NNaO3. The van der Waals surface area contributed by atoms with E-state index in [0.717, 1.165) is 0 Å². The van der Waals surface area contributed by atoms with Crippen LogP contribution in [-0.2, 0) is 9.53 Å². The van der Waals surface area contributed by atoms with Crippen molar-refractivity contribution in [1.29, 1.82) is 0 Å². The summed E-state index contributed by atoms with van der Waals surface area (Å²) in [7, 11) is 0. The fourth-order valence-electron chi connectivity index (χ4n) is 0.341. The molecule has 0 saturated heterocycles. The van der Waals surface area contributed by atoms with E-state index in [1.165, 1.54) is 0 Å². The molecule has 0 aromatic rings. The molecule has 0 aliphatic carbocycles. The van der Waals surface area contributed by atoms with E-state index in [4.69, 9.17) is 10.5 Å². The third-order valence-corrected chi connectivity index (χ3v) is 0.713. The van der Waals surface area contributed by atoms with Crippen molar-refractivity contribution in [3.63, 3.8) is 0 Å². The van der Waals surface area contributed by atoms with E-state index in [-0.39, 0.29) is 42.6 Å². The average molecular weight is 155 g/mol. The zero-order valence-corrected chi connectivity index (χ0v) is 8.13. The van der Waals surface area contributed by atoms with Gasteiger partial charge in [-0.2, -0.15) is 0 Å². The third kappa shape index (κ3) is 11.2. The smallest absolute Gasteiger partial charge is 0.550 e. The normalized spacial score (nSPS) is 8.50. The summed E-state index contributed by atoms with van der Waals surface area (Å²) in [5.41, 5.74) is 5.06. The first-order valence-electron chi connectivity index (χ1n) is 2.75. The minimum absolute atomic E-state index is 0. The van der Waals surface area contributed by atoms with Crippen LogP contribution in [0.3, 0.4) is 0 Å². The van der Waals surface area contributed by atoms with E-state index >= 15 is 0 Å². The first kappa shape index (κ1) is 13.0. The Kier molecular flexibility index (Phi) is 12.2. The van der Waals surface area contributed by atoms with Gasteiger partial charge in [-0.3, -0.25) is 0 Å². The van der Waals surface area contributed by atoms with Crippen molar-refractivity contribution in [2.45, 2.75) is 6.42 Å². The molecule has 0 heterocycles. The molecule has 0 spiro atoms. The van der Waals surface area contributed by atoms with Crippen molar-refractivity contribution in [2.75, 3.05) is 19.8 Å². The third-order valence-electron chi connectivity index (χ3n) is 0.713. The van der Waals surface area contributed by atoms with E-state index in [1.807, 2.05) is 0 Å². The molecule has 0 aromatic heterocycles. The molecule has 0 unspecified atom stereocenters. The molecule has 0 bridgehead atoms. The van der Waals surface area contributed by atoms with Gasteiger partial charge in [0.05, 0.1) is 13.2 Å². The molecular weight excluding hydrogens is 145 g/mol. The summed E-state index contributed by atoms with van der Waals surface area (Å²) >= 11 is 0. The summed E-state index contributed by atoms with van der Waals surface area (Å²) in [4.78, 5) is 9.74. The maximum Gasteiger partial charge on any atom is 1.00 e. The number of hydrogen-bond acceptors (Lipinski definition) is 4. The van der Waals surface area contributed by atoms with Gasteiger partial charge < -0.3 is 20.4 Å². The van der Waals surface area contributed by atoms with Crippen LogP contribution in [0.25, 0.3) is 0 Å². The minimum atomic E-state index is -1.09. The van der Waals surface area contributed by atoms with Crippen molar-refractivity contribution >= 4 is 5.97 Å². The molecule has 0 aliphatic heterocycles. The van der Waals surface area contributed by atoms with Crippen LogP contribution < -0.4 is 40.4 Å². The number of hydrogen-bond donors (Lipinski definition) is 1. The van der Waals surface area contributed by atoms with Gasteiger partial charge in [-0.25, -0.2) is 0 Å². The Hall–Kier alpha value is 0.390. The Morgan fingerprint density at radius 3 is 2.50 bits per heavy atom. The van der Waals surface area contributed by atoms with Crippen LogP contribution in [0.1, 0.15) is 6.42 Å². The number of aliphatic carboxylic acids is 1. The first-order chi connectivity index (χ1) is 4.27. The summed E-state index contributed by atoms with van der Waals surface area (Å²) in [5.74, 6) is -1.09. The Morgan fingerprint density at radius 1 is 1.50 bits per heavy atom. The molecule has 0 rings (SSSR count). The summed E-state index contributed by atoms with van der Waals surface area (Å²) in [5, 5.41) is 9.74. The molecule has 2 N–H and O–H groups in total. The molecule has 0 amide bonds. The molecule has 5 heteroatoms. The van der Waals surface area contributed by atoms with Crippen LogP contribution in [0.5, 0.6) is 0 Å². The Balaban J connectivity index is 0. The summed E-state index contributed by atoms with van der Waals surface area (Å²) < 4.78 is 4.75. The molecule has 4 nitrogen and oxygen atoms in total. The number of rotatable bonds is 5. The quantitative estimate of drug-likeness (QED) is 0.319. The van der Waals surface area contributed by atoms with Gasteiger partial charge in [0.15, 0.2) is 0 Å². The minimum Gasteiger partial charge on any atom is -0.550 e. The monoisotopic (exact) mass is 155 g/mol. The second-order valence-electron chi connectivity index (χ2n) is 1.52. The van der Waals surface area contributed by atoms with Crippen LogP contribution in [0.15, 0.2) is 0 Å². The molecule has 0 saturated carbocycles. The van der Waals surface area contributed by atoms with Crippen molar-refractivity contribution in [1.82, 2.24) is 0 Å². The molecule has 0 radical (unpaired) electrons. The number of carboxylic acid groups (broad SMARTS) is 1. The van der Waals surface area contributed by atoms with E-state index in [1.54, 1.807) is 0 Å². The van der Waals surface area contributed by atoms with Gasteiger partial charge >= 0.3 is 29.6 Å². The van der Waals surface area contributed by atoms with Crippen molar-refractivity contribution in [3.05, 3.63) is 0 Å². The Bertz CT molecular complexity index is 89.0.